The monoisotopic (exact) mass is 618 g/mol. The number of fused-ring (bicyclic) bond motifs is 2. The molecule has 6 nitrogen and oxygen atoms in total. The van der Waals surface area contributed by atoms with Gasteiger partial charge in [0.25, 0.3) is 0 Å². The Morgan fingerprint density at radius 3 is 2.33 bits per heavy atom. The van der Waals surface area contributed by atoms with Crippen LogP contribution in [0.25, 0.3) is 11.1 Å². The molecule has 1 fully saturated rings. The van der Waals surface area contributed by atoms with Crippen molar-refractivity contribution in [3.05, 3.63) is 82.4 Å². The van der Waals surface area contributed by atoms with E-state index in [1.54, 1.807) is 0 Å². The summed E-state index contributed by atoms with van der Waals surface area (Å²) in [4.78, 5) is 14.1. The summed E-state index contributed by atoms with van der Waals surface area (Å²) in [5, 5.41) is 0. The van der Waals surface area contributed by atoms with Crippen molar-refractivity contribution in [3.8, 4) is 22.6 Å². The molecule has 0 amide bonds. The van der Waals surface area contributed by atoms with Gasteiger partial charge in [-0.25, -0.2) is 0 Å². The van der Waals surface area contributed by atoms with Crippen molar-refractivity contribution >= 4 is 48.1 Å². The van der Waals surface area contributed by atoms with Gasteiger partial charge in [-0.3, -0.25) is 19.8 Å². The van der Waals surface area contributed by atoms with E-state index < -0.39 is 13.9 Å². The van der Waals surface area contributed by atoms with E-state index in [4.69, 9.17) is 17.6 Å². The number of para-hydroxylation sites is 1. The minimum atomic E-state index is -2.58. The van der Waals surface area contributed by atoms with Crippen LogP contribution in [-0.2, 0) is 6.42 Å². The molecule has 9 heteroatoms. The van der Waals surface area contributed by atoms with E-state index >= 15 is 0 Å². The van der Waals surface area contributed by atoms with Crippen LogP contribution in [0.5, 0.6) is 11.5 Å². The Balaban J connectivity index is 1.22. The van der Waals surface area contributed by atoms with E-state index in [1.165, 1.54) is 42.9 Å². The topological polar surface area (TPSA) is 49.7 Å². The normalized spacial score (nSPS) is 16.1. The standard InChI is InChI=1S/C33H42N4O2S.Al.ClH/c1-25-6-4-7-29(32(25)38)22-34-13-14-35-23-31-21-30(20-26(2)33(31)39)28-10-8-27(9-11-28)12-19-40-18-5-15-37-17-16-36(3)24-37;;/h4,6-11,20-23,38-39H,5,12-19,24H2,1-3H3;;1H/q;+3;/p-3. The average molecular weight is 619 g/mol. The van der Waals surface area contributed by atoms with Crippen molar-refractivity contribution in [2.45, 2.75) is 26.7 Å². The van der Waals surface area contributed by atoms with Gasteiger partial charge in [0.1, 0.15) is 0 Å². The van der Waals surface area contributed by atoms with Gasteiger partial charge in [0.15, 0.2) is 0 Å². The Hall–Kier alpha value is -2.31. The van der Waals surface area contributed by atoms with Gasteiger partial charge in [0.2, 0.25) is 0 Å². The number of hydrogen-bond donors (Lipinski definition) is 0. The molecule has 0 radical (unpaired) electrons. The maximum absolute atomic E-state index is 6.73. The largest absolute Gasteiger partial charge is 0.999 e. The Kier molecular flexibility index (Phi) is 11.4. The highest BCUT2D eigenvalue weighted by molar-refractivity contribution is 7.99. The van der Waals surface area contributed by atoms with E-state index in [-0.39, 0.29) is 0 Å². The molecule has 0 N–H and O–H groups in total. The van der Waals surface area contributed by atoms with Gasteiger partial charge in [-0.05, 0) is 91.3 Å². The molecule has 0 atom stereocenters. The highest BCUT2D eigenvalue weighted by Gasteiger charge is 2.34. The molecule has 0 aromatic heterocycles. The van der Waals surface area contributed by atoms with Gasteiger partial charge in [-0.1, -0.05) is 36.4 Å². The molecule has 2 heterocycles. The Morgan fingerprint density at radius 2 is 1.60 bits per heavy atom. The zero-order chi connectivity index (χ0) is 29.3. The van der Waals surface area contributed by atoms with Crippen LogP contribution in [0.2, 0.25) is 0 Å². The molecular formula is C33H40AlClN4O2S. The third-order valence-corrected chi connectivity index (χ3v) is 10.1. The maximum Gasteiger partial charge on any atom is 0.999 e. The second-order valence-electron chi connectivity index (χ2n) is 11.0. The molecule has 0 bridgehead atoms. The minimum absolute atomic E-state index is 0.589. The lowest BCUT2D eigenvalue weighted by molar-refractivity contribution is 0.276. The summed E-state index contributed by atoms with van der Waals surface area (Å²) in [5.41, 5.74) is 7.50. The van der Waals surface area contributed by atoms with Crippen LogP contribution < -0.4 is 7.58 Å². The lowest BCUT2D eigenvalue weighted by Crippen LogP contribution is -2.25. The van der Waals surface area contributed by atoms with Gasteiger partial charge >= 0.3 is 13.9 Å². The van der Waals surface area contributed by atoms with E-state index in [2.05, 4.69) is 81.9 Å². The zero-order valence-corrected chi connectivity index (χ0v) is 27.6. The molecule has 0 spiro atoms. The van der Waals surface area contributed by atoms with Gasteiger partial charge in [0.05, 0.1) is 31.3 Å². The lowest BCUT2D eigenvalue weighted by atomic mass is 9.98. The summed E-state index contributed by atoms with van der Waals surface area (Å²) in [6, 6.07) is 19.2. The van der Waals surface area contributed by atoms with Crippen LogP contribution in [-0.4, -0.2) is 94.1 Å². The quantitative estimate of drug-likeness (QED) is 0.217. The number of nitrogens with zero attached hydrogens (tertiary/aromatic N) is 4. The zero-order valence-electron chi connectivity index (χ0n) is 24.9. The molecule has 1 saturated heterocycles. The van der Waals surface area contributed by atoms with Crippen LogP contribution >= 0.6 is 21.8 Å². The smallest absolute Gasteiger partial charge is 0.599 e. The van der Waals surface area contributed by atoms with Gasteiger partial charge in [-0.15, -0.1) is 0 Å². The van der Waals surface area contributed by atoms with Gasteiger partial charge in [-0.2, -0.15) is 21.8 Å². The lowest BCUT2D eigenvalue weighted by Gasteiger charge is -2.19. The second kappa shape index (κ2) is 15.4. The predicted molar refractivity (Wildman–Crippen MR) is 180 cm³/mol. The van der Waals surface area contributed by atoms with Crippen molar-refractivity contribution in [3.63, 3.8) is 0 Å². The first-order chi connectivity index (χ1) is 20.5. The number of aliphatic imine (C=N–C) groups is 2. The number of aryl methyl sites for hydroxylation is 3. The number of thioether (sulfide) groups is 1. The van der Waals surface area contributed by atoms with Crippen molar-refractivity contribution in [2.75, 3.05) is 57.9 Å². The highest BCUT2D eigenvalue weighted by atomic mass is 35.6. The fourth-order valence-electron chi connectivity index (χ4n) is 5.34. The molecule has 2 aliphatic rings. The summed E-state index contributed by atoms with van der Waals surface area (Å²) in [6.45, 7) is 9.99. The summed E-state index contributed by atoms with van der Waals surface area (Å²) in [7, 11) is 8.93. The predicted octanol–water partition coefficient (Wildman–Crippen LogP) is 6.37. The first-order valence-corrected chi connectivity index (χ1v) is 18.6. The molecule has 42 heavy (non-hydrogen) atoms. The Bertz CT molecular complexity index is 1400. The fraction of sp³-hybridized carbons (Fsp3) is 0.394. The molecule has 3 aromatic carbocycles. The average Bonchev–Trinajstić information content (AvgIpc) is 3.40. The first kappa shape index (κ1) is 31.1. The van der Waals surface area contributed by atoms with Crippen molar-refractivity contribution < 1.29 is 7.58 Å². The molecular weight excluding hydrogens is 579 g/mol. The third-order valence-electron chi connectivity index (χ3n) is 7.61. The molecule has 0 saturated carbocycles. The maximum atomic E-state index is 6.73. The van der Waals surface area contributed by atoms with Crippen LogP contribution in [0.15, 0.2) is 64.6 Å². The van der Waals surface area contributed by atoms with Crippen molar-refractivity contribution in [1.82, 2.24) is 9.80 Å². The van der Waals surface area contributed by atoms with E-state index in [1.807, 2.05) is 37.6 Å². The number of benzene rings is 3. The summed E-state index contributed by atoms with van der Waals surface area (Å²) in [6.07, 6.45) is 6.07. The number of halogens is 1. The number of likely N-dealkylation sites (N-methyl/N-ethyl adjacent to an activating group) is 1. The first-order valence-electron chi connectivity index (χ1n) is 14.8. The molecule has 0 unspecified atom stereocenters. The fourth-order valence-corrected chi connectivity index (χ4v) is 7.85. The molecule has 5 rings (SSSR count). The molecule has 220 valence electrons. The molecule has 3 aromatic rings. The minimum Gasteiger partial charge on any atom is -0.599 e. The van der Waals surface area contributed by atoms with Crippen molar-refractivity contribution in [2.24, 2.45) is 9.98 Å². The Labute approximate surface area is 264 Å². The van der Waals surface area contributed by atoms with Gasteiger partial charge in [0, 0.05) is 43.2 Å². The summed E-state index contributed by atoms with van der Waals surface area (Å²) >= 11 is -0.515. The number of rotatable bonds is 8. The summed E-state index contributed by atoms with van der Waals surface area (Å²) < 4.78 is 12.5. The van der Waals surface area contributed by atoms with Crippen LogP contribution in [0, 0.1) is 13.8 Å². The van der Waals surface area contributed by atoms with E-state index in [0.717, 1.165) is 58.2 Å². The highest BCUT2D eigenvalue weighted by Crippen LogP contribution is 2.32. The van der Waals surface area contributed by atoms with Crippen LogP contribution in [0.3, 0.4) is 0 Å². The summed E-state index contributed by atoms with van der Waals surface area (Å²) in [5.74, 6) is 3.85. The van der Waals surface area contributed by atoms with Gasteiger partial charge < -0.3 is 7.58 Å². The Morgan fingerprint density at radius 1 is 0.857 bits per heavy atom. The second-order valence-corrected chi connectivity index (χ2v) is 14.4. The SMILES string of the molecule is Cc1cccc2c1[O][Al]([Cl])[O]c1c(C)cc(-c3ccc(CCSCCCN4CCN(C)C4)cc3)cc1C=NCCN=C2. The molecule has 2 aliphatic heterocycles. The third kappa shape index (κ3) is 8.63. The van der Waals surface area contributed by atoms with E-state index in [0.29, 0.717) is 13.1 Å². The van der Waals surface area contributed by atoms with Crippen LogP contribution in [0.1, 0.15) is 34.2 Å². The van der Waals surface area contributed by atoms with E-state index in [9.17, 15) is 0 Å². The van der Waals surface area contributed by atoms with Crippen LogP contribution in [0.4, 0.5) is 0 Å². The number of hydrogen-bond acceptors (Lipinski definition) is 7. The molecule has 0 aliphatic carbocycles. The van der Waals surface area contributed by atoms with Crippen molar-refractivity contribution in [1.29, 1.82) is 0 Å².